The highest BCUT2D eigenvalue weighted by Crippen LogP contribution is 2.29. The smallest absolute Gasteiger partial charge is 0.303 e. The summed E-state index contributed by atoms with van der Waals surface area (Å²) in [7, 11) is -3.52. The van der Waals surface area contributed by atoms with Gasteiger partial charge in [0.05, 0.1) is 0 Å². The maximum absolute atomic E-state index is 12.4. The van der Waals surface area contributed by atoms with Gasteiger partial charge in [0.2, 0.25) is 10.0 Å². The van der Waals surface area contributed by atoms with E-state index in [1.165, 1.54) is 5.41 Å². The van der Waals surface area contributed by atoms with E-state index in [0.717, 1.165) is 37.7 Å². The average Bonchev–Trinajstić information content (AvgIpc) is 3.02. The van der Waals surface area contributed by atoms with Gasteiger partial charge < -0.3 is 5.11 Å². The second-order valence-electron chi connectivity index (χ2n) is 6.81. The zero-order chi connectivity index (χ0) is 19.7. The van der Waals surface area contributed by atoms with Crippen LogP contribution in [-0.4, -0.2) is 25.5 Å². The average molecular weight is 412 g/mol. The second kappa shape index (κ2) is 10.6. The van der Waals surface area contributed by atoms with Gasteiger partial charge in [0.15, 0.2) is 0 Å². The summed E-state index contributed by atoms with van der Waals surface area (Å²) in [6.07, 6.45) is 10.7. The Balaban J connectivity index is 1.85. The van der Waals surface area contributed by atoms with Crippen LogP contribution in [0.2, 0.25) is 5.02 Å². The number of halogens is 1. The van der Waals surface area contributed by atoms with Gasteiger partial charge in [0, 0.05) is 22.9 Å². The summed E-state index contributed by atoms with van der Waals surface area (Å²) >= 11 is 5.91. The molecule has 0 amide bonds. The maximum Gasteiger partial charge on any atom is 0.303 e. The first-order valence-electron chi connectivity index (χ1n) is 9.18. The first kappa shape index (κ1) is 21.7. The molecule has 0 bridgehead atoms. The lowest BCUT2D eigenvalue weighted by Crippen LogP contribution is -2.36. The molecule has 1 aromatic carbocycles. The van der Waals surface area contributed by atoms with Crippen LogP contribution in [0.3, 0.4) is 0 Å². The molecule has 0 heterocycles. The number of hydrogen-bond acceptors (Lipinski definition) is 3. The van der Waals surface area contributed by atoms with Crippen LogP contribution in [0.5, 0.6) is 0 Å². The molecule has 148 valence electrons. The SMILES string of the molecule is O=C(O)CCC/C=C/CC1CCCC1NS(=O)(=O)/C=C/c1cccc(Cl)c1. The van der Waals surface area contributed by atoms with Crippen molar-refractivity contribution in [2.75, 3.05) is 0 Å². The maximum atomic E-state index is 12.4. The Labute approximate surface area is 166 Å². The number of unbranched alkanes of at least 4 members (excludes halogenated alkanes) is 1. The number of benzene rings is 1. The lowest BCUT2D eigenvalue weighted by molar-refractivity contribution is -0.137. The first-order valence-corrected chi connectivity index (χ1v) is 11.1. The Kier molecular flexibility index (Phi) is 8.54. The molecule has 0 spiro atoms. The van der Waals surface area contributed by atoms with E-state index >= 15 is 0 Å². The van der Waals surface area contributed by atoms with Gasteiger partial charge in [-0.1, -0.05) is 42.3 Å². The number of rotatable bonds is 10. The van der Waals surface area contributed by atoms with Gasteiger partial charge in [-0.2, -0.15) is 0 Å². The van der Waals surface area contributed by atoms with Gasteiger partial charge >= 0.3 is 5.97 Å². The van der Waals surface area contributed by atoms with E-state index in [1.807, 2.05) is 12.2 Å². The molecule has 1 saturated carbocycles. The predicted octanol–water partition coefficient (Wildman–Crippen LogP) is 4.60. The summed E-state index contributed by atoms with van der Waals surface area (Å²) in [6, 6.07) is 6.96. The quantitative estimate of drug-likeness (QED) is 0.435. The van der Waals surface area contributed by atoms with E-state index < -0.39 is 16.0 Å². The number of carboxylic acid groups (broad SMARTS) is 1. The highest BCUT2D eigenvalue weighted by molar-refractivity contribution is 7.92. The molecular formula is C20H26ClNO4S. The summed E-state index contributed by atoms with van der Waals surface area (Å²) in [5, 5.41) is 10.4. The summed E-state index contributed by atoms with van der Waals surface area (Å²) < 4.78 is 27.5. The number of allylic oxidation sites excluding steroid dienone is 2. The molecule has 27 heavy (non-hydrogen) atoms. The van der Waals surface area contributed by atoms with Crippen LogP contribution in [0, 0.1) is 5.92 Å². The predicted molar refractivity (Wildman–Crippen MR) is 109 cm³/mol. The van der Waals surface area contributed by atoms with Crippen LogP contribution in [0.4, 0.5) is 0 Å². The molecule has 2 atom stereocenters. The lowest BCUT2D eigenvalue weighted by atomic mass is 10.00. The summed E-state index contributed by atoms with van der Waals surface area (Å²) in [5.74, 6) is -0.505. The third-order valence-corrected chi connectivity index (χ3v) is 5.99. The first-order chi connectivity index (χ1) is 12.9. The Morgan fingerprint density at radius 3 is 2.85 bits per heavy atom. The highest BCUT2D eigenvalue weighted by atomic mass is 35.5. The van der Waals surface area contributed by atoms with Crippen LogP contribution < -0.4 is 4.72 Å². The molecule has 2 unspecified atom stereocenters. The van der Waals surface area contributed by atoms with Gasteiger partial charge in [-0.25, -0.2) is 13.1 Å². The molecule has 2 rings (SSSR count). The van der Waals surface area contributed by atoms with Crippen molar-refractivity contribution in [2.45, 2.75) is 51.0 Å². The van der Waals surface area contributed by atoms with E-state index in [4.69, 9.17) is 16.7 Å². The number of hydrogen-bond donors (Lipinski definition) is 2. The molecule has 1 fully saturated rings. The second-order valence-corrected chi connectivity index (χ2v) is 8.85. The molecule has 0 aliphatic heterocycles. The number of carbonyl (C=O) groups is 1. The van der Waals surface area contributed by atoms with E-state index in [0.29, 0.717) is 11.4 Å². The number of nitrogens with one attached hydrogen (secondary N) is 1. The normalized spacial score (nSPS) is 20.6. The van der Waals surface area contributed by atoms with Crippen LogP contribution >= 0.6 is 11.6 Å². The Morgan fingerprint density at radius 2 is 2.11 bits per heavy atom. The standard InChI is InChI=1S/C20H26ClNO4S/c21-18-10-5-7-16(15-18)13-14-27(25,26)22-19-11-6-9-17(19)8-3-1-2-4-12-20(23)24/h1,3,5,7,10,13-15,17,19,22H,2,4,6,8-9,11-12H2,(H,23,24)/b3-1+,14-13+. The minimum Gasteiger partial charge on any atom is -0.481 e. The third kappa shape index (κ3) is 8.28. The van der Waals surface area contributed by atoms with Crippen molar-refractivity contribution < 1.29 is 18.3 Å². The van der Waals surface area contributed by atoms with Crippen molar-refractivity contribution >= 4 is 33.7 Å². The topological polar surface area (TPSA) is 83.5 Å². The molecule has 1 aliphatic rings. The Hall–Kier alpha value is -1.63. The highest BCUT2D eigenvalue weighted by Gasteiger charge is 2.28. The van der Waals surface area contributed by atoms with Crippen molar-refractivity contribution in [1.82, 2.24) is 4.72 Å². The third-order valence-electron chi connectivity index (χ3n) is 4.63. The fraction of sp³-hybridized carbons (Fsp3) is 0.450. The van der Waals surface area contributed by atoms with Crippen molar-refractivity contribution in [3.05, 3.63) is 52.4 Å². The zero-order valence-corrected chi connectivity index (χ0v) is 16.8. The van der Waals surface area contributed by atoms with E-state index in [2.05, 4.69) is 4.72 Å². The Bertz CT molecular complexity index is 789. The summed E-state index contributed by atoms with van der Waals surface area (Å²) in [4.78, 5) is 10.5. The van der Waals surface area contributed by atoms with Crippen LogP contribution in [0.1, 0.15) is 50.5 Å². The summed E-state index contributed by atoms with van der Waals surface area (Å²) in [6.45, 7) is 0. The molecule has 0 saturated heterocycles. The van der Waals surface area contributed by atoms with Gasteiger partial charge in [0.25, 0.3) is 0 Å². The van der Waals surface area contributed by atoms with Gasteiger partial charge in [-0.15, -0.1) is 0 Å². The number of sulfonamides is 1. The Morgan fingerprint density at radius 1 is 1.30 bits per heavy atom. The lowest BCUT2D eigenvalue weighted by Gasteiger charge is -2.18. The minimum atomic E-state index is -3.52. The van der Waals surface area contributed by atoms with Crippen LogP contribution in [0.15, 0.2) is 41.8 Å². The van der Waals surface area contributed by atoms with Crippen LogP contribution in [-0.2, 0) is 14.8 Å². The minimum absolute atomic E-state index is 0.0670. The monoisotopic (exact) mass is 411 g/mol. The van der Waals surface area contributed by atoms with Crippen LogP contribution in [0.25, 0.3) is 6.08 Å². The van der Waals surface area contributed by atoms with E-state index in [9.17, 15) is 13.2 Å². The van der Waals surface area contributed by atoms with Gasteiger partial charge in [-0.3, -0.25) is 4.79 Å². The van der Waals surface area contributed by atoms with Gasteiger partial charge in [-0.05, 0) is 61.8 Å². The van der Waals surface area contributed by atoms with Crippen molar-refractivity contribution in [3.63, 3.8) is 0 Å². The number of aliphatic carboxylic acids is 1. The van der Waals surface area contributed by atoms with Crippen molar-refractivity contribution in [2.24, 2.45) is 5.92 Å². The fourth-order valence-electron chi connectivity index (χ4n) is 3.26. The number of carboxylic acids is 1. The molecule has 7 heteroatoms. The zero-order valence-electron chi connectivity index (χ0n) is 15.2. The van der Waals surface area contributed by atoms with Gasteiger partial charge in [0.1, 0.15) is 0 Å². The van der Waals surface area contributed by atoms with Crippen molar-refractivity contribution in [3.8, 4) is 0 Å². The largest absolute Gasteiger partial charge is 0.481 e. The van der Waals surface area contributed by atoms with E-state index in [-0.39, 0.29) is 18.4 Å². The molecule has 1 aliphatic carbocycles. The fourth-order valence-corrected chi connectivity index (χ4v) is 4.61. The molecule has 0 radical (unpaired) electrons. The molecule has 1 aromatic rings. The summed E-state index contributed by atoms with van der Waals surface area (Å²) in [5.41, 5.74) is 0.736. The molecule has 2 N–H and O–H groups in total. The van der Waals surface area contributed by atoms with E-state index in [1.54, 1.807) is 30.3 Å². The molecule has 0 aromatic heterocycles. The van der Waals surface area contributed by atoms with Crippen molar-refractivity contribution in [1.29, 1.82) is 0 Å². The molecular weight excluding hydrogens is 386 g/mol. The molecule has 5 nitrogen and oxygen atoms in total.